The first-order valence-electron chi connectivity index (χ1n) is 12.7. The molecule has 3 rings (SSSR count). The van der Waals surface area contributed by atoms with Gasteiger partial charge in [0.05, 0.1) is 42.9 Å². The van der Waals surface area contributed by atoms with E-state index in [0.717, 1.165) is 17.5 Å². The largest absolute Gasteiger partial charge is 0.496 e. The lowest BCUT2D eigenvalue weighted by atomic mass is 10.1. The van der Waals surface area contributed by atoms with Gasteiger partial charge in [-0.25, -0.2) is 0 Å². The van der Waals surface area contributed by atoms with Crippen molar-refractivity contribution in [2.45, 2.75) is 32.4 Å². The number of amides is 2. The number of carbonyl (C=O) groups excluding carboxylic acids is 2. The Bertz CT molecular complexity index is 1200. The van der Waals surface area contributed by atoms with E-state index in [4.69, 9.17) is 26.4 Å². The van der Waals surface area contributed by atoms with Crippen LogP contribution in [0.5, 0.6) is 17.2 Å². The third-order valence-corrected chi connectivity index (χ3v) is 7.28. The molecule has 0 saturated heterocycles. The van der Waals surface area contributed by atoms with Crippen LogP contribution in [0.15, 0.2) is 72.8 Å². The number of rotatable bonds is 15. The van der Waals surface area contributed by atoms with Gasteiger partial charge in [0.1, 0.15) is 17.2 Å². The Balaban J connectivity index is 1.42. The van der Waals surface area contributed by atoms with Crippen LogP contribution in [0.3, 0.4) is 0 Å². The molecule has 0 aliphatic rings. The summed E-state index contributed by atoms with van der Waals surface area (Å²) in [5.41, 5.74) is 2.72. The molecule has 0 aromatic heterocycles. The highest BCUT2D eigenvalue weighted by Crippen LogP contribution is 2.34. The van der Waals surface area contributed by atoms with Crippen molar-refractivity contribution in [3.8, 4) is 17.2 Å². The molecular weight excluding hydrogens is 532 g/mol. The number of methoxy groups -OCH3 is 2. The molecule has 7 nitrogen and oxygen atoms in total. The van der Waals surface area contributed by atoms with Crippen LogP contribution in [0.4, 0.5) is 0 Å². The minimum Gasteiger partial charge on any atom is -0.496 e. The molecule has 0 aliphatic carbocycles. The zero-order valence-corrected chi connectivity index (χ0v) is 23.9. The van der Waals surface area contributed by atoms with E-state index < -0.39 is 0 Å². The molecule has 3 aromatic rings. The van der Waals surface area contributed by atoms with Crippen molar-refractivity contribution in [2.75, 3.05) is 26.6 Å². The summed E-state index contributed by atoms with van der Waals surface area (Å²) < 4.78 is 17.7. The third-order valence-electron chi connectivity index (χ3n) is 5.79. The Labute approximate surface area is 239 Å². The molecule has 3 aromatic carbocycles. The highest BCUT2D eigenvalue weighted by molar-refractivity contribution is 8.24. The van der Waals surface area contributed by atoms with Gasteiger partial charge in [-0.15, -0.1) is 11.8 Å². The van der Waals surface area contributed by atoms with Gasteiger partial charge in [0.15, 0.2) is 0 Å². The number of ether oxygens (including phenoxy) is 3. The van der Waals surface area contributed by atoms with Crippen LogP contribution < -0.4 is 24.8 Å². The topological polar surface area (TPSA) is 85.9 Å². The van der Waals surface area contributed by atoms with E-state index in [-0.39, 0.29) is 24.1 Å². The summed E-state index contributed by atoms with van der Waals surface area (Å²) in [6.07, 6.45) is 1.88. The van der Waals surface area contributed by atoms with Crippen molar-refractivity contribution >= 4 is 40.0 Å². The Morgan fingerprint density at radius 2 is 1.44 bits per heavy atom. The van der Waals surface area contributed by atoms with E-state index in [2.05, 4.69) is 10.6 Å². The summed E-state index contributed by atoms with van der Waals surface area (Å²) in [5.74, 6) is 1.79. The SMILES string of the molecule is COc1cc(OCCCCC(=O)NCc2ccccc2)cc(OC)c1CNC(=O)CSC(=S)c1ccccc1. The molecule has 39 heavy (non-hydrogen) atoms. The van der Waals surface area contributed by atoms with Crippen molar-refractivity contribution in [2.24, 2.45) is 0 Å². The number of thiocarbonyl (C=S) groups is 1. The number of carbonyl (C=O) groups is 2. The van der Waals surface area contributed by atoms with Gasteiger partial charge in [0.25, 0.3) is 0 Å². The van der Waals surface area contributed by atoms with Crippen molar-refractivity contribution in [3.63, 3.8) is 0 Å². The molecule has 0 atom stereocenters. The van der Waals surface area contributed by atoms with Gasteiger partial charge in [-0.05, 0) is 24.0 Å². The number of thioether (sulfide) groups is 1. The van der Waals surface area contributed by atoms with Crippen LogP contribution >= 0.6 is 24.0 Å². The molecule has 206 valence electrons. The van der Waals surface area contributed by atoms with Gasteiger partial charge >= 0.3 is 0 Å². The molecule has 0 unspecified atom stereocenters. The number of benzene rings is 3. The third kappa shape index (κ3) is 10.3. The average Bonchev–Trinajstić information content (AvgIpc) is 2.98. The van der Waals surface area contributed by atoms with Crippen LogP contribution in [0.2, 0.25) is 0 Å². The molecule has 0 saturated carbocycles. The molecule has 2 N–H and O–H groups in total. The highest BCUT2D eigenvalue weighted by atomic mass is 32.2. The van der Waals surface area contributed by atoms with Gasteiger partial charge in [0.2, 0.25) is 11.8 Å². The fourth-order valence-electron chi connectivity index (χ4n) is 3.71. The number of hydrogen-bond acceptors (Lipinski definition) is 7. The molecule has 2 amide bonds. The number of unbranched alkanes of at least 4 members (excludes halogenated alkanes) is 1. The second kappa shape index (κ2) is 16.4. The maximum atomic E-state index is 12.5. The smallest absolute Gasteiger partial charge is 0.230 e. The second-order valence-electron chi connectivity index (χ2n) is 8.59. The van der Waals surface area contributed by atoms with Crippen molar-refractivity contribution in [1.29, 1.82) is 0 Å². The quantitative estimate of drug-likeness (QED) is 0.191. The standard InChI is InChI=1S/C30H34N2O5S2/c1-35-26-17-24(37-16-10-9-15-28(33)31-19-22-11-5-3-6-12-22)18-27(36-2)25(26)20-32-29(34)21-39-30(38)23-13-7-4-8-14-23/h3-8,11-14,17-18H,9-10,15-16,19-21H2,1-2H3,(H,31,33)(H,32,34). The average molecular weight is 567 g/mol. The van der Waals surface area contributed by atoms with Crippen molar-refractivity contribution in [3.05, 3.63) is 89.5 Å². The lowest BCUT2D eigenvalue weighted by molar-refractivity contribution is -0.121. The Hall–Kier alpha value is -3.56. The van der Waals surface area contributed by atoms with Gasteiger partial charge < -0.3 is 24.8 Å². The summed E-state index contributed by atoms with van der Waals surface area (Å²) in [6.45, 7) is 1.22. The minimum atomic E-state index is -0.143. The summed E-state index contributed by atoms with van der Waals surface area (Å²) in [4.78, 5) is 24.5. The lowest BCUT2D eigenvalue weighted by Crippen LogP contribution is -2.25. The van der Waals surface area contributed by atoms with Crippen molar-refractivity contribution in [1.82, 2.24) is 10.6 Å². The Morgan fingerprint density at radius 3 is 2.08 bits per heavy atom. The highest BCUT2D eigenvalue weighted by Gasteiger charge is 2.15. The fraction of sp³-hybridized carbons (Fsp3) is 0.300. The number of nitrogens with one attached hydrogen (secondary N) is 2. The molecule has 0 heterocycles. The molecule has 0 bridgehead atoms. The zero-order chi connectivity index (χ0) is 27.9. The second-order valence-corrected chi connectivity index (χ2v) is 10.2. The molecule has 9 heteroatoms. The molecular formula is C30H34N2O5S2. The van der Waals surface area contributed by atoms with Crippen molar-refractivity contribution < 1.29 is 23.8 Å². The van der Waals surface area contributed by atoms with Crippen LogP contribution in [0, 0.1) is 0 Å². The van der Waals surface area contributed by atoms with Gasteiger partial charge in [0, 0.05) is 25.1 Å². The van der Waals surface area contributed by atoms with Crippen LogP contribution in [0.25, 0.3) is 0 Å². The fourth-order valence-corrected chi connectivity index (χ4v) is 4.69. The molecule has 0 spiro atoms. The zero-order valence-electron chi connectivity index (χ0n) is 22.2. The maximum Gasteiger partial charge on any atom is 0.230 e. The summed E-state index contributed by atoms with van der Waals surface area (Å²) in [6, 6.07) is 23.0. The normalized spacial score (nSPS) is 10.4. The predicted molar refractivity (Wildman–Crippen MR) is 160 cm³/mol. The van der Waals surface area contributed by atoms with E-state index >= 15 is 0 Å². The van der Waals surface area contributed by atoms with E-state index in [0.29, 0.717) is 53.0 Å². The maximum absolute atomic E-state index is 12.5. The van der Waals surface area contributed by atoms with Crippen LogP contribution in [-0.4, -0.2) is 42.6 Å². The van der Waals surface area contributed by atoms with E-state index in [1.165, 1.54) is 11.8 Å². The summed E-state index contributed by atoms with van der Waals surface area (Å²) in [7, 11) is 3.12. The Morgan fingerprint density at radius 1 is 0.821 bits per heavy atom. The van der Waals surface area contributed by atoms with Gasteiger partial charge in [-0.2, -0.15) is 0 Å². The van der Waals surface area contributed by atoms with Crippen LogP contribution in [0.1, 0.15) is 36.0 Å². The predicted octanol–water partition coefficient (Wildman–Crippen LogP) is 5.29. The molecule has 0 fully saturated rings. The first kappa shape index (κ1) is 30.0. The van der Waals surface area contributed by atoms with E-state index in [1.54, 1.807) is 26.4 Å². The minimum absolute atomic E-state index is 0.0221. The summed E-state index contributed by atoms with van der Waals surface area (Å²) >= 11 is 6.74. The van der Waals surface area contributed by atoms with Crippen LogP contribution in [-0.2, 0) is 22.7 Å². The van der Waals surface area contributed by atoms with E-state index in [9.17, 15) is 9.59 Å². The summed E-state index contributed by atoms with van der Waals surface area (Å²) in [5, 5.41) is 5.84. The number of hydrogen-bond donors (Lipinski definition) is 2. The molecule has 0 radical (unpaired) electrons. The van der Waals surface area contributed by atoms with Gasteiger partial charge in [-0.3, -0.25) is 9.59 Å². The monoisotopic (exact) mass is 566 g/mol. The first-order chi connectivity index (χ1) is 19.0. The first-order valence-corrected chi connectivity index (χ1v) is 14.1. The van der Waals surface area contributed by atoms with Gasteiger partial charge in [-0.1, -0.05) is 72.9 Å². The molecule has 0 aliphatic heterocycles. The van der Waals surface area contributed by atoms with E-state index in [1.807, 2.05) is 60.7 Å². The lowest BCUT2D eigenvalue weighted by Gasteiger charge is -2.16. The Kier molecular flexibility index (Phi) is 12.6.